The molecule has 0 saturated carbocycles. The Kier molecular flexibility index (Phi) is 8.46. The second kappa shape index (κ2) is 15.2. The van der Waals surface area contributed by atoms with Gasteiger partial charge < -0.3 is 13.4 Å². The Hall–Kier alpha value is -9.10. The number of hydrogen-bond donors (Lipinski definition) is 0. The lowest BCUT2D eigenvalue weighted by atomic mass is 9.97. The van der Waals surface area contributed by atoms with Crippen LogP contribution in [0.25, 0.3) is 148 Å². The summed E-state index contributed by atoms with van der Waals surface area (Å²) in [6.07, 6.45) is 0. The lowest BCUT2D eigenvalue weighted by Gasteiger charge is -2.10. The van der Waals surface area contributed by atoms with Crippen LogP contribution < -0.4 is 0 Å². The summed E-state index contributed by atoms with van der Waals surface area (Å²) in [6, 6.07) is 79.7. The van der Waals surface area contributed by atoms with Crippen molar-refractivity contribution in [3.05, 3.63) is 224 Å². The molecule has 10 aromatic carbocycles. The maximum absolute atomic E-state index is 6.60. The van der Waals surface area contributed by atoms with E-state index in [1.807, 2.05) is 47.7 Å². The number of fused-ring (bicyclic) bond motifs is 12. The van der Waals surface area contributed by atoms with Crippen LogP contribution in [0.1, 0.15) is 0 Å². The number of hydrogen-bond acceptors (Lipinski definition) is 5. The fraction of sp³-hybridized carbons (Fsp3) is 0. The van der Waals surface area contributed by atoms with Gasteiger partial charge in [-0.1, -0.05) is 127 Å². The third-order valence-corrected chi connectivity index (χ3v) is 15.2. The summed E-state index contributed by atoms with van der Waals surface area (Å²) in [5.74, 6) is 0.652. The molecule has 0 fully saturated rings. The van der Waals surface area contributed by atoms with Crippen LogP contribution in [0.3, 0.4) is 0 Å². The van der Waals surface area contributed by atoms with Crippen molar-refractivity contribution in [2.45, 2.75) is 0 Å². The first-order chi connectivity index (χ1) is 34.6. The van der Waals surface area contributed by atoms with E-state index in [1.165, 1.54) is 53.1 Å². The first kappa shape index (κ1) is 38.9. The van der Waals surface area contributed by atoms with E-state index >= 15 is 0 Å². The summed E-state index contributed by atoms with van der Waals surface area (Å²) in [6.45, 7) is 0. The molecule has 0 spiro atoms. The van der Waals surface area contributed by atoms with Gasteiger partial charge >= 0.3 is 0 Å². The molecule has 0 bridgehead atoms. The number of nitrogens with zero attached hydrogens (tertiary/aromatic N) is 3. The van der Waals surface area contributed by atoms with Crippen molar-refractivity contribution in [1.82, 2.24) is 14.5 Å². The van der Waals surface area contributed by atoms with Crippen LogP contribution in [-0.4, -0.2) is 14.5 Å². The van der Waals surface area contributed by atoms with Crippen LogP contribution in [0.2, 0.25) is 0 Å². The molecule has 5 nitrogen and oxygen atoms in total. The quantitative estimate of drug-likeness (QED) is 0.167. The monoisotopic (exact) mass is 911 g/mol. The summed E-state index contributed by atoms with van der Waals surface area (Å²) in [7, 11) is 0. The highest BCUT2D eigenvalue weighted by molar-refractivity contribution is 7.25. The Morgan fingerprint density at radius 2 is 0.900 bits per heavy atom. The van der Waals surface area contributed by atoms with E-state index in [0.717, 1.165) is 88.8 Å². The van der Waals surface area contributed by atoms with Gasteiger partial charge in [0.15, 0.2) is 5.82 Å². The van der Waals surface area contributed by atoms with Crippen LogP contribution in [-0.2, 0) is 0 Å². The van der Waals surface area contributed by atoms with E-state index in [9.17, 15) is 0 Å². The molecule has 0 atom stereocenters. The number of para-hydroxylation sites is 3. The smallest absolute Gasteiger partial charge is 0.160 e. The maximum atomic E-state index is 6.60. The zero-order valence-corrected chi connectivity index (χ0v) is 38.2. The topological polar surface area (TPSA) is 57.0 Å². The molecule has 0 aliphatic heterocycles. The van der Waals surface area contributed by atoms with Crippen LogP contribution >= 0.6 is 11.3 Å². The minimum atomic E-state index is 0.652. The maximum Gasteiger partial charge on any atom is 0.160 e. The van der Waals surface area contributed by atoms with Gasteiger partial charge in [-0.3, -0.25) is 0 Å². The fourth-order valence-electron chi connectivity index (χ4n) is 10.7. The van der Waals surface area contributed by atoms with Gasteiger partial charge in [-0.2, -0.15) is 0 Å². The van der Waals surface area contributed by atoms with Crippen LogP contribution in [0.5, 0.6) is 0 Å². The van der Waals surface area contributed by atoms with Crippen molar-refractivity contribution < 1.29 is 8.83 Å². The zero-order chi connectivity index (χ0) is 45.9. The van der Waals surface area contributed by atoms with Crippen molar-refractivity contribution in [2.75, 3.05) is 0 Å². The van der Waals surface area contributed by atoms with Gasteiger partial charge in [-0.25, -0.2) is 9.97 Å². The average molecular weight is 912 g/mol. The highest BCUT2D eigenvalue weighted by Crippen LogP contribution is 2.43. The highest BCUT2D eigenvalue weighted by atomic mass is 32.1. The van der Waals surface area contributed by atoms with E-state index in [0.29, 0.717) is 5.82 Å². The SMILES string of the molecule is c1ccc(-c2nc(-c3ccc4c(c3)oc3ccccc34)cc(-c3cccc4oc5ccc(-c6ccc7sc8ccc(-c9ccc%10c(c9)c9ccccc9n%10-c9ccccc9)cc8c7c6)cc5c34)n2)cc1. The number of rotatable bonds is 6. The van der Waals surface area contributed by atoms with Gasteiger partial charge in [0.2, 0.25) is 0 Å². The average Bonchev–Trinajstić information content (AvgIpc) is 4.19. The summed E-state index contributed by atoms with van der Waals surface area (Å²) in [4.78, 5) is 10.4. The largest absolute Gasteiger partial charge is 0.456 e. The Bertz CT molecular complexity index is 4600. The minimum absolute atomic E-state index is 0.652. The minimum Gasteiger partial charge on any atom is -0.456 e. The molecule has 15 rings (SSSR count). The summed E-state index contributed by atoms with van der Waals surface area (Å²) in [5.41, 5.74) is 16.1. The number of aromatic nitrogens is 3. The van der Waals surface area contributed by atoms with E-state index in [1.54, 1.807) is 0 Å². The van der Waals surface area contributed by atoms with Crippen molar-refractivity contribution >= 4 is 97.2 Å². The molecule has 5 heterocycles. The number of thiophene rings is 1. The predicted octanol–water partition coefficient (Wildman–Crippen LogP) is 18.1. The van der Waals surface area contributed by atoms with Crippen LogP contribution in [0.15, 0.2) is 233 Å². The normalized spacial score (nSPS) is 12.0. The van der Waals surface area contributed by atoms with Gasteiger partial charge in [0.05, 0.1) is 22.4 Å². The van der Waals surface area contributed by atoms with Gasteiger partial charge in [-0.15, -0.1) is 11.3 Å². The van der Waals surface area contributed by atoms with Gasteiger partial charge in [0, 0.05) is 74.9 Å². The molecule has 0 aliphatic carbocycles. The third kappa shape index (κ3) is 6.10. The second-order valence-electron chi connectivity index (χ2n) is 18.1. The molecule has 0 unspecified atom stereocenters. The fourth-order valence-corrected chi connectivity index (χ4v) is 11.8. The standard InChI is InChI=1S/C64H37N3O2S/c1-3-12-38(13-4-1)64-65-53(43-22-27-47-46-17-8-10-20-57(46)69-60(47)36-43)37-54(66-64)48-18-11-21-59-63(48)52-35-40(24-29-58(52)68-59)42-26-31-62-51(34-42)50-33-41(25-30-61(50)70-62)39-23-28-56-49(32-39)45-16-7-9-19-55(45)67(56)44-14-5-2-6-15-44/h1-37H. The van der Waals surface area contributed by atoms with Crippen LogP contribution in [0, 0.1) is 0 Å². The zero-order valence-electron chi connectivity index (χ0n) is 37.4. The van der Waals surface area contributed by atoms with Crippen molar-refractivity contribution in [2.24, 2.45) is 0 Å². The molecule has 0 N–H and O–H groups in total. The predicted molar refractivity (Wildman–Crippen MR) is 291 cm³/mol. The molecule has 0 radical (unpaired) electrons. The molecule has 326 valence electrons. The molecule has 0 saturated heterocycles. The molecule has 0 amide bonds. The lowest BCUT2D eigenvalue weighted by molar-refractivity contribution is 0.668. The first-order valence-corrected chi connectivity index (χ1v) is 24.3. The van der Waals surface area contributed by atoms with Crippen molar-refractivity contribution in [3.63, 3.8) is 0 Å². The molecule has 0 aliphatic rings. The van der Waals surface area contributed by atoms with Gasteiger partial charge in [-0.05, 0) is 119 Å². The molecular formula is C64H37N3O2S. The van der Waals surface area contributed by atoms with E-state index < -0.39 is 0 Å². The summed E-state index contributed by atoms with van der Waals surface area (Å²) < 4.78 is 17.8. The molecule has 5 aromatic heterocycles. The number of benzene rings is 10. The Balaban J connectivity index is 0.844. The Morgan fingerprint density at radius 1 is 0.329 bits per heavy atom. The van der Waals surface area contributed by atoms with E-state index in [4.69, 9.17) is 18.8 Å². The second-order valence-corrected chi connectivity index (χ2v) is 19.2. The first-order valence-electron chi connectivity index (χ1n) is 23.5. The van der Waals surface area contributed by atoms with Gasteiger partial charge in [0.1, 0.15) is 22.3 Å². The summed E-state index contributed by atoms with van der Waals surface area (Å²) >= 11 is 1.84. The number of furan rings is 2. The van der Waals surface area contributed by atoms with Crippen molar-refractivity contribution in [3.8, 4) is 61.8 Å². The molecule has 15 aromatic rings. The van der Waals surface area contributed by atoms with E-state index in [-0.39, 0.29) is 0 Å². The molecule has 6 heteroatoms. The lowest BCUT2D eigenvalue weighted by Crippen LogP contribution is -1.96. The Morgan fingerprint density at radius 3 is 1.70 bits per heavy atom. The van der Waals surface area contributed by atoms with Gasteiger partial charge in [0.25, 0.3) is 0 Å². The van der Waals surface area contributed by atoms with Crippen LogP contribution in [0.4, 0.5) is 0 Å². The molecule has 70 heavy (non-hydrogen) atoms. The summed E-state index contributed by atoms with van der Waals surface area (Å²) in [5, 5.41) is 9.25. The van der Waals surface area contributed by atoms with E-state index in [2.05, 4.69) is 193 Å². The molecular weight excluding hydrogens is 875 g/mol. The highest BCUT2D eigenvalue weighted by Gasteiger charge is 2.20. The Labute approximate surface area is 404 Å². The third-order valence-electron chi connectivity index (χ3n) is 14.0. The van der Waals surface area contributed by atoms with Crippen molar-refractivity contribution in [1.29, 1.82) is 0 Å².